The molecule has 3 rings (SSSR count). The van der Waals surface area contributed by atoms with E-state index in [2.05, 4.69) is 10.1 Å². The van der Waals surface area contributed by atoms with E-state index in [4.69, 9.17) is 16.1 Å². The van der Waals surface area contributed by atoms with Crippen molar-refractivity contribution in [1.82, 2.24) is 15.0 Å². The maximum Gasteiger partial charge on any atom is 0.272 e. The van der Waals surface area contributed by atoms with Crippen LogP contribution in [-0.2, 0) is 6.54 Å². The van der Waals surface area contributed by atoms with Crippen molar-refractivity contribution in [2.45, 2.75) is 20.4 Å². The summed E-state index contributed by atoms with van der Waals surface area (Å²) < 4.78 is 5.26. The summed E-state index contributed by atoms with van der Waals surface area (Å²) in [6.45, 7) is 3.97. The summed E-state index contributed by atoms with van der Waals surface area (Å²) >= 11 is 5.88. The Bertz CT molecular complexity index is 1020. The minimum absolute atomic E-state index is 0.0240. The third-order valence-electron chi connectivity index (χ3n) is 4.21. The van der Waals surface area contributed by atoms with E-state index in [1.807, 2.05) is 6.92 Å². The van der Waals surface area contributed by atoms with Crippen molar-refractivity contribution in [3.05, 3.63) is 74.6 Å². The SMILES string of the molecule is CCN(Cc1nc(-c2ccc(Cl)cc2)no1)C(=O)c1ccc([N+](=O)[O-])c(C)c1. The highest BCUT2D eigenvalue weighted by Crippen LogP contribution is 2.21. The van der Waals surface area contributed by atoms with Gasteiger partial charge in [0.1, 0.15) is 6.54 Å². The number of nitro groups is 1. The normalized spacial score (nSPS) is 10.7. The van der Waals surface area contributed by atoms with Gasteiger partial charge in [0, 0.05) is 34.3 Å². The first-order valence-electron chi connectivity index (χ1n) is 8.52. The van der Waals surface area contributed by atoms with Gasteiger partial charge in [-0.25, -0.2) is 0 Å². The van der Waals surface area contributed by atoms with Crippen LogP contribution in [0.25, 0.3) is 11.4 Å². The molecule has 0 aliphatic carbocycles. The van der Waals surface area contributed by atoms with Crippen molar-refractivity contribution < 1.29 is 14.2 Å². The Morgan fingerprint density at radius 3 is 2.57 bits per heavy atom. The summed E-state index contributed by atoms with van der Waals surface area (Å²) in [4.78, 5) is 29.1. The molecule has 1 aromatic heterocycles. The molecule has 0 aliphatic heterocycles. The lowest BCUT2D eigenvalue weighted by Gasteiger charge is -2.19. The van der Waals surface area contributed by atoms with Gasteiger partial charge >= 0.3 is 0 Å². The van der Waals surface area contributed by atoms with Crippen LogP contribution in [0.5, 0.6) is 0 Å². The molecular formula is C19H17ClN4O4. The van der Waals surface area contributed by atoms with Crippen LogP contribution < -0.4 is 0 Å². The quantitative estimate of drug-likeness (QED) is 0.452. The average molecular weight is 401 g/mol. The lowest BCUT2D eigenvalue weighted by molar-refractivity contribution is -0.385. The van der Waals surface area contributed by atoms with Crippen LogP contribution in [0.2, 0.25) is 5.02 Å². The van der Waals surface area contributed by atoms with Crippen molar-refractivity contribution in [3.8, 4) is 11.4 Å². The second kappa shape index (κ2) is 8.18. The van der Waals surface area contributed by atoms with E-state index < -0.39 is 4.92 Å². The number of hydrogen-bond acceptors (Lipinski definition) is 6. The van der Waals surface area contributed by atoms with Gasteiger partial charge in [0.05, 0.1) is 4.92 Å². The smallest absolute Gasteiger partial charge is 0.272 e. The zero-order valence-corrected chi connectivity index (χ0v) is 16.0. The van der Waals surface area contributed by atoms with Crippen LogP contribution in [0.3, 0.4) is 0 Å². The first kappa shape index (κ1) is 19.5. The maximum absolute atomic E-state index is 12.8. The van der Waals surface area contributed by atoms with E-state index in [9.17, 15) is 14.9 Å². The van der Waals surface area contributed by atoms with Gasteiger partial charge in [0.15, 0.2) is 0 Å². The van der Waals surface area contributed by atoms with Crippen LogP contribution in [0.4, 0.5) is 5.69 Å². The van der Waals surface area contributed by atoms with E-state index in [0.717, 1.165) is 5.56 Å². The number of carbonyl (C=O) groups is 1. The first-order chi connectivity index (χ1) is 13.4. The number of aromatic nitrogens is 2. The lowest BCUT2D eigenvalue weighted by Crippen LogP contribution is -2.30. The second-order valence-electron chi connectivity index (χ2n) is 6.10. The van der Waals surface area contributed by atoms with E-state index in [-0.39, 0.29) is 18.1 Å². The fourth-order valence-electron chi connectivity index (χ4n) is 2.70. The number of carbonyl (C=O) groups excluding carboxylic acids is 1. The molecule has 0 N–H and O–H groups in total. The fraction of sp³-hybridized carbons (Fsp3) is 0.211. The number of hydrogen-bond donors (Lipinski definition) is 0. The Morgan fingerprint density at radius 1 is 1.25 bits per heavy atom. The van der Waals surface area contributed by atoms with E-state index in [1.165, 1.54) is 23.1 Å². The molecule has 0 atom stereocenters. The zero-order chi connectivity index (χ0) is 20.3. The Balaban J connectivity index is 1.77. The summed E-state index contributed by atoms with van der Waals surface area (Å²) in [5.74, 6) is 0.423. The molecule has 2 aromatic carbocycles. The molecule has 0 spiro atoms. The highest BCUT2D eigenvalue weighted by molar-refractivity contribution is 6.30. The lowest BCUT2D eigenvalue weighted by atomic mass is 10.1. The summed E-state index contributed by atoms with van der Waals surface area (Å²) in [5, 5.41) is 15.5. The van der Waals surface area contributed by atoms with E-state index in [1.54, 1.807) is 31.2 Å². The van der Waals surface area contributed by atoms with Crippen LogP contribution in [0.15, 0.2) is 47.0 Å². The van der Waals surface area contributed by atoms with Gasteiger partial charge in [-0.15, -0.1) is 0 Å². The Labute approximate surface area is 165 Å². The molecule has 3 aromatic rings. The highest BCUT2D eigenvalue weighted by Gasteiger charge is 2.20. The molecule has 0 unspecified atom stereocenters. The number of nitro benzene ring substituents is 1. The Kier molecular flexibility index (Phi) is 5.70. The topological polar surface area (TPSA) is 102 Å². The third-order valence-corrected chi connectivity index (χ3v) is 4.46. The minimum Gasteiger partial charge on any atom is -0.337 e. The molecular weight excluding hydrogens is 384 g/mol. The predicted octanol–water partition coefficient (Wildman–Crippen LogP) is 4.27. The maximum atomic E-state index is 12.8. The van der Waals surface area contributed by atoms with Gasteiger partial charge in [-0.05, 0) is 50.2 Å². The summed E-state index contributed by atoms with van der Waals surface area (Å²) in [6, 6.07) is 11.3. The molecule has 1 heterocycles. The van der Waals surface area contributed by atoms with Crippen molar-refractivity contribution in [2.24, 2.45) is 0 Å². The number of rotatable bonds is 6. The summed E-state index contributed by atoms with van der Waals surface area (Å²) in [5.41, 5.74) is 1.51. The van der Waals surface area contributed by atoms with Gasteiger partial charge in [0.2, 0.25) is 11.7 Å². The van der Waals surface area contributed by atoms with E-state index in [0.29, 0.717) is 34.4 Å². The molecule has 0 fully saturated rings. The van der Waals surface area contributed by atoms with Crippen LogP contribution >= 0.6 is 11.6 Å². The molecule has 0 saturated carbocycles. The van der Waals surface area contributed by atoms with Crippen LogP contribution in [0, 0.1) is 17.0 Å². The second-order valence-corrected chi connectivity index (χ2v) is 6.53. The molecule has 0 bridgehead atoms. The Hall–Kier alpha value is -3.26. The largest absolute Gasteiger partial charge is 0.337 e. The number of nitrogens with zero attached hydrogens (tertiary/aromatic N) is 4. The number of aryl methyl sites for hydroxylation is 1. The molecule has 0 aliphatic rings. The van der Waals surface area contributed by atoms with Gasteiger partial charge in [0.25, 0.3) is 11.6 Å². The number of amides is 1. The van der Waals surface area contributed by atoms with Crippen molar-refractivity contribution in [3.63, 3.8) is 0 Å². The number of benzene rings is 2. The zero-order valence-electron chi connectivity index (χ0n) is 15.3. The first-order valence-corrected chi connectivity index (χ1v) is 8.89. The summed E-state index contributed by atoms with van der Waals surface area (Å²) in [7, 11) is 0. The van der Waals surface area contributed by atoms with Crippen molar-refractivity contribution in [1.29, 1.82) is 0 Å². The van der Waals surface area contributed by atoms with Crippen molar-refractivity contribution >= 4 is 23.2 Å². The monoisotopic (exact) mass is 400 g/mol. The third kappa shape index (κ3) is 4.17. The van der Waals surface area contributed by atoms with E-state index >= 15 is 0 Å². The molecule has 0 radical (unpaired) electrons. The van der Waals surface area contributed by atoms with Gasteiger partial charge < -0.3 is 9.42 Å². The van der Waals surface area contributed by atoms with Gasteiger partial charge in [-0.2, -0.15) is 4.98 Å². The number of halogens is 1. The molecule has 9 heteroatoms. The molecule has 8 nitrogen and oxygen atoms in total. The van der Waals surface area contributed by atoms with Crippen LogP contribution in [0.1, 0.15) is 28.7 Å². The average Bonchev–Trinajstić information content (AvgIpc) is 3.14. The van der Waals surface area contributed by atoms with Crippen LogP contribution in [-0.4, -0.2) is 32.4 Å². The predicted molar refractivity (Wildman–Crippen MR) is 103 cm³/mol. The fourth-order valence-corrected chi connectivity index (χ4v) is 2.83. The molecule has 1 amide bonds. The van der Waals surface area contributed by atoms with Crippen molar-refractivity contribution in [2.75, 3.05) is 6.54 Å². The summed E-state index contributed by atoms with van der Waals surface area (Å²) in [6.07, 6.45) is 0. The highest BCUT2D eigenvalue weighted by atomic mass is 35.5. The molecule has 0 saturated heterocycles. The molecule has 144 valence electrons. The van der Waals surface area contributed by atoms with Gasteiger partial charge in [-0.1, -0.05) is 16.8 Å². The van der Waals surface area contributed by atoms with Gasteiger partial charge in [-0.3, -0.25) is 14.9 Å². The minimum atomic E-state index is -0.474. The Morgan fingerprint density at radius 2 is 1.96 bits per heavy atom. The molecule has 28 heavy (non-hydrogen) atoms. The standard InChI is InChI=1S/C19H17ClN4O4/c1-3-23(19(25)14-6-9-16(24(26)27)12(2)10-14)11-17-21-18(22-28-17)13-4-7-15(20)8-5-13/h4-10H,3,11H2,1-2H3.